The van der Waals surface area contributed by atoms with Gasteiger partial charge >= 0.3 is 0 Å². The quantitative estimate of drug-likeness (QED) is 0.402. The van der Waals surface area contributed by atoms with Crippen LogP contribution in [-0.4, -0.2) is 15.1 Å². The van der Waals surface area contributed by atoms with E-state index in [0.29, 0.717) is 0 Å². The predicted molar refractivity (Wildman–Crippen MR) is 28.7 cm³/mol. The highest BCUT2D eigenvalue weighted by molar-refractivity contribution is 5.21. The summed E-state index contributed by atoms with van der Waals surface area (Å²) in [4.78, 5) is 9.42. The van der Waals surface area contributed by atoms with Gasteiger partial charge in [-0.1, -0.05) is 0 Å². The first kappa shape index (κ1) is 5.61. The topological polar surface area (TPSA) is 68.9 Å². The lowest BCUT2D eigenvalue weighted by Gasteiger charge is -1.83. The van der Waals surface area contributed by atoms with E-state index in [-0.39, 0.29) is 5.69 Å². The van der Waals surface area contributed by atoms with Gasteiger partial charge in [0.2, 0.25) is 0 Å². The van der Waals surface area contributed by atoms with Crippen molar-refractivity contribution in [1.29, 1.82) is 0 Å². The Morgan fingerprint density at radius 1 is 1.56 bits per heavy atom. The Morgan fingerprint density at radius 2 is 2.33 bits per heavy atom. The molecule has 0 N–H and O–H groups in total. The van der Waals surface area contributed by atoms with Gasteiger partial charge in [-0.3, -0.25) is 10.1 Å². The van der Waals surface area contributed by atoms with Gasteiger partial charge in [-0.25, -0.2) is 0 Å². The maximum absolute atomic E-state index is 9.94. The molecule has 5 heteroatoms. The molecular formula is C4H3N3O2. The van der Waals surface area contributed by atoms with Crippen molar-refractivity contribution in [3.05, 3.63) is 28.6 Å². The highest BCUT2D eigenvalue weighted by Crippen LogP contribution is 2.03. The fourth-order valence-electron chi connectivity index (χ4n) is 0.392. The van der Waals surface area contributed by atoms with Gasteiger partial charge in [0.1, 0.15) is 6.20 Å². The number of nitro groups is 1. The normalized spacial score (nSPS) is 8.89. The van der Waals surface area contributed by atoms with Crippen molar-refractivity contribution in [1.82, 2.24) is 10.2 Å². The maximum atomic E-state index is 9.94. The molecule has 9 heavy (non-hydrogen) atoms. The van der Waals surface area contributed by atoms with E-state index in [2.05, 4.69) is 10.2 Å². The molecule has 0 aliphatic rings. The lowest BCUT2D eigenvalue weighted by molar-refractivity contribution is -0.385. The molecule has 1 heterocycles. The van der Waals surface area contributed by atoms with Crippen LogP contribution in [0.3, 0.4) is 0 Å². The average molecular weight is 125 g/mol. The van der Waals surface area contributed by atoms with E-state index in [1.165, 1.54) is 12.3 Å². The SMILES string of the molecule is O=[N+]([O-])c1ccnnc1. The Morgan fingerprint density at radius 3 is 2.67 bits per heavy atom. The molecule has 0 saturated carbocycles. The van der Waals surface area contributed by atoms with E-state index >= 15 is 0 Å². The summed E-state index contributed by atoms with van der Waals surface area (Å²) in [7, 11) is 0. The zero-order valence-electron chi connectivity index (χ0n) is 4.39. The van der Waals surface area contributed by atoms with Gasteiger partial charge in [-0.15, -0.1) is 0 Å². The second-order valence-corrected chi connectivity index (χ2v) is 1.36. The monoisotopic (exact) mass is 125 g/mol. The van der Waals surface area contributed by atoms with Crippen molar-refractivity contribution >= 4 is 5.69 Å². The van der Waals surface area contributed by atoms with Gasteiger partial charge < -0.3 is 0 Å². The number of hydrogen-bond donors (Lipinski definition) is 0. The first-order chi connectivity index (χ1) is 4.30. The summed E-state index contributed by atoms with van der Waals surface area (Å²) in [5.41, 5.74) is -0.0370. The van der Waals surface area contributed by atoms with E-state index in [4.69, 9.17) is 0 Å². The Bertz CT molecular complexity index is 210. The molecule has 0 bridgehead atoms. The molecule has 1 aromatic heterocycles. The van der Waals surface area contributed by atoms with Gasteiger partial charge in [0, 0.05) is 6.07 Å². The van der Waals surface area contributed by atoms with Crippen LogP contribution in [0.5, 0.6) is 0 Å². The van der Waals surface area contributed by atoms with Crippen LogP contribution >= 0.6 is 0 Å². The molecule has 0 atom stereocenters. The zero-order valence-corrected chi connectivity index (χ0v) is 4.39. The van der Waals surface area contributed by atoms with Gasteiger partial charge in [0.05, 0.1) is 11.1 Å². The summed E-state index contributed by atoms with van der Waals surface area (Å²) in [5.74, 6) is 0. The molecule has 0 aromatic carbocycles. The summed E-state index contributed by atoms with van der Waals surface area (Å²) in [6.07, 6.45) is 2.37. The molecule has 1 rings (SSSR count). The molecule has 5 nitrogen and oxygen atoms in total. The molecule has 0 spiro atoms. The standard InChI is InChI=1S/C4H3N3O2/c8-7(9)4-1-2-5-6-3-4/h1-3H. The van der Waals surface area contributed by atoms with E-state index in [9.17, 15) is 10.1 Å². The molecule has 1 aromatic rings. The van der Waals surface area contributed by atoms with Gasteiger partial charge in [0.25, 0.3) is 5.69 Å². The van der Waals surface area contributed by atoms with Crippen LogP contribution in [0.15, 0.2) is 18.5 Å². The zero-order chi connectivity index (χ0) is 6.69. The van der Waals surface area contributed by atoms with Crippen LogP contribution in [0.2, 0.25) is 0 Å². The highest BCUT2D eigenvalue weighted by Gasteiger charge is 2.00. The lowest BCUT2D eigenvalue weighted by atomic mass is 10.5. The third-order valence-corrected chi connectivity index (χ3v) is 0.779. The third-order valence-electron chi connectivity index (χ3n) is 0.779. The van der Waals surface area contributed by atoms with Gasteiger partial charge in [0.15, 0.2) is 0 Å². The van der Waals surface area contributed by atoms with Crippen molar-refractivity contribution in [2.45, 2.75) is 0 Å². The second-order valence-electron chi connectivity index (χ2n) is 1.36. The largest absolute Gasteiger partial charge is 0.290 e. The summed E-state index contributed by atoms with van der Waals surface area (Å²) in [6, 6.07) is 1.28. The minimum absolute atomic E-state index is 0.0370. The number of hydrogen-bond acceptors (Lipinski definition) is 4. The average Bonchev–Trinajstić information content (AvgIpc) is 1.90. The van der Waals surface area contributed by atoms with Crippen LogP contribution < -0.4 is 0 Å². The molecule has 0 aliphatic heterocycles. The lowest BCUT2D eigenvalue weighted by Crippen LogP contribution is -1.88. The van der Waals surface area contributed by atoms with Crippen LogP contribution in [0, 0.1) is 10.1 Å². The molecule has 0 fully saturated rings. The smallest absolute Gasteiger partial charge is 0.258 e. The Kier molecular flexibility index (Phi) is 1.35. The Labute approximate surface area is 50.5 Å². The van der Waals surface area contributed by atoms with Crippen LogP contribution in [-0.2, 0) is 0 Å². The fourth-order valence-corrected chi connectivity index (χ4v) is 0.392. The molecule has 0 radical (unpaired) electrons. The van der Waals surface area contributed by atoms with Gasteiger partial charge in [-0.2, -0.15) is 10.2 Å². The molecule has 0 saturated heterocycles. The van der Waals surface area contributed by atoms with E-state index in [0.717, 1.165) is 6.20 Å². The van der Waals surface area contributed by atoms with E-state index < -0.39 is 4.92 Å². The molecular weight excluding hydrogens is 122 g/mol. The van der Waals surface area contributed by atoms with Crippen LogP contribution in [0.1, 0.15) is 0 Å². The first-order valence-corrected chi connectivity index (χ1v) is 2.22. The van der Waals surface area contributed by atoms with Gasteiger partial charge in [-0.05, 0) is 0 Å². The second kappa shape index (κ2) is 2.17. The number of nitrogens with zero attached hydrogens (tertiary/aromatic N) is 3. The molecule has 0 amide bonds. The maximum Gasteiger partial charge on any atom is 0.290 e. The summed E-state index contributed by atoms with van der Waals surface area (Å²) in [5, 5.41) is 16.6. The van der Waals surface area contributed by atoms with Crippen molar-refractivity contribution in [2.24, 2.45) is 0 Å². The first-order valence-electron chi connectivity index (χ1n) is 2.22. The van der Waals surface area contributed by atoms with Crippen molar-refractivity contribution in [3.63, 3.8) is 0 Å². The van der Waals surface area contributed by atoms with Crippen molar-refractivity contribution in [2.75, 3.05) is 0 Å². The molecule has 0 unspecified atom stereocenters. The number of aromatic nitrogens is 2. The van der Waals surface area contributed by atoms with Crippen LogP contribution in [0.25, 0.3) is 0 Å². The van der Waals surface area contributed by atoms with Crippen LogP contribution in [0.4, 0.5) is 5.69 Å². The number of rotatable bonds is 1. The minimum atomic E-state index is -0.519. The van der Waals surface area contributed by atoms with E-state index in [1.54, 1.807) is 0 Å². The van der Waals surface area contributed by atoms with E-state index in [1.807, 2.05) is 0 Å². The summed E-state index contributed by atoms with van der Waals surface area (Å²) in [6.45, 7) is 0. The van der Waals surface area contributed by atoms with Crippen molar-refractivity contribution in [3.8, 4) is 0 Å². The highest BCUT2D eigenvalue weighted by atomic mass is 16.6. The van der Waals surface area contributed by atoms with Crippen molar-refractivity contribution < 1.29 is 4.92 Å². The minimum Gasteiger partial charge on any atom is -0.258 e. The Hall–Kier alpha value is -1.52. The predicted octanol–water partition coefficient (Wildman–Crippen LogP) is 0.385. The molecule has 46 valence electrons. The third kappa shape index (κ3) is 1.18. The summed E-state index contributed by atoms with van der Waals surface area (Å²) >= 11 is 0. The summed E-state index contributed by atoms with van der Waals surface area (Å²) < 4.78 is 0. The molecule has 0 aliphatic carbocycles. The Balaban J connectivity index is 2.98. The fraction of sp³-hybridized carbons (Fsp3) is 0.